The summed E-state index contributed by atoms with van der Waals surface area (Å²) in [4.78, 5) is 21.3. The van der Waals surface area contributed by atoms with Gasteiger partial charge in [0.05, 0.1) is 10.5 Å². The molecule has 0 aliphatic carbocycles. The lowest BCUT2D eigenvalue weighted by Gasteiger charge is -2.08. The second-order valence-electron chi connectivity index (χ2n) is 4.27. The van der Waals surface area contributed by atoms with Gasteiger partial charge < -0.3 is 10.4 Å². The number of nitro benzene ring substituents is 1. The van der Waals surface area contributed by atoms with Crippen LogP contribution in [-0.4, -0.2) is 16.0 Å². The predicted octanol–water partition coefficient (Wildman–Crippen LogP) is 3.67. The van der Waals surface area contributed by atoms with Gasteiger partial charge in [0.25, 0.3) is 5.69 Å². The van der Waals surface area contributed by atoms with Gasteiger partial charge in [-0.1, -0.05) is 15.9 Å². The molecular weight excluding hydrogens is 340 g/mol. The van der Waals surface area contributed by atoms with Crippen LogP contribution in [-0.2, 0) is 6.54 Å². The summed E-state index contributed by atoms with van der Waals surface area (Å²) in [6, 6.07) is 10.9. The van der Waals surface area contributed by atoms with Crippen molar-refractivity contribution in [3.8, 4) is 0 Å². The standard InChI is InChI=1S/C14H11BrN2O4/c15-11-3-6-13(17(20)21)10(7-11)8-16-12-4-1-9(2-5-12)14(18)19/h1-7,16H,8H2,(H,18,19). The van der Waals surface area contributed by atoms with Crippen LogP contribution in [0.5, 0.6) is 0 Å². The predicted molar refractivity (Wildman–Crippen MR) is 81.5 cm³/mol. The molecule has 0 spiro atoms. The van der Waals surface area contributed by atoms with Crippen LogP contribution >= 0.6 is 15.9 Å². The lowest BCUT2D eigenvalue weighted by Crippen LogP contribution is -2.04. The van der Waals surface area contributed by atoms with Gasteiger partial charge in [0.2, 0.25) is 0 Å². The molecule has 2 N–H and O–H groups in total. The van der Waals surface area contributed by atoms with Gasteiger partial charge in [-0.15, -0.1) is 0 Å². The summed E-state index contributed by atoms with van der Waals surface area (Å²) >= 11 is 3.28. The summed E-state index contributed by atoms with van der Waals surface area (Å²) in [5.41, 5.74) is 1.45. The molecule has 0 radical (unpaired) electrons. The Bertz CT molecular complexity index is 686. The molecule has 0 unspecified atom stereocenters. The molecule has 2 aromatic carbocycles. The van der Waals surface area contributed by atoms with Gasteiger partial charge in [0, 0.05) is 28.3 Å². The zero-order valence-electron chi connectivity index (χ0n) is 10.7. The summed E-state index contributed by atoms with van der Waals surface area (Å²) in [5, 5.41) is 22.8. The third-order valence-electron chi connectivity index (χ3n) is 2.85. The van der Waals surface area contributed by atoms with E-state index >= 15 is 0 Å². The van der Waals surface area contributed by atoms with Crippen LogP contribution < -0.4 is 5.32 Å². The molecule has 0 saturated heterocycles. The van der Waals surface area contributed by atoms with Gasteiger partial charge in [-0.3, -0.25) is 10.1 Å². The minimum atomic E-state index is -0.996. The largest absolute Gasteiger partial charge is 0.478 e. The third-order valence-corrected chi connectivity index (χ3v) is 3.35. The molecule has 0 amide bonds. The quantitative estimate of drug-likeness (QED) is 0.633. The highest BCUT2D eigenvalue weighted by Crippen LogP contribution is 2.24. The Morgan fingerprint density at radius 1 is 1.24 bits per heavy atom. The van der Waals surface area contributed by atoms with E-state index < -0.39 is 10.9 Å². The number of hydrogen-bond acceptors (Lipinski definition) is 4. The van der Waals surface area contributed by atoms with Crippen LogP contribution in [0.3, 0.4) is 0 Å². The number of benzene rings is 2. The second-order valence-corrected chi connectivity index (χ2v) is 5.18. The van der Waals surface area contributed by atoms with E-state index in [2.05, 4.69) is 21.2 Å². The fraction of sp³-hybridized carbons (Fsp3) is 0.0714. The summed E-state index contributed by atoms with van der Waals surface area (Å²) in [5.74, 6) is -0.996. The molecule has 0 fully saturated rings. The van der Waals surface area contributed by atoms with Crippen molar-refractivity contribution < 1.29 is 14.8 Å². The molecule has 2 rings (SSSR count). The Hall–Kier alpha value is -2.41. The Morgan fingerprint density at radius 3 is 2.48 bits per heavy atom. The molecule has 0 aliphatic rings. The van der Waals surface area contributed by atoms with Crippen molar-refractivity contribution in [2.24, 2.45) is 0 Å². The Labute approximate surface area is 128 Å². The van der Waals surface area contributed by atoms with Gasteiger partial charge >= 0.3 is 5.97 Å². The van der Waals surface area contributed by atoms with Crippen LogP contribution in [0.2, 0.25) is 0 Å². The summed E-state index contributed by atoms with van der Waals surface area (Å²) in [7, 11) is 0. The van der Waals surface area contributed by atoms with Crippen LogP contribution in [0, 0.1) is 10.1 Å². The highest BCUT2D eigenvalue weighted by Gasteiger charge is 2.13. The van der Waals surface area contributed by atoms with Gasteiger partial charge in [-0.25, -0.2) is 4.79 Å². The average Bonchev–Trinajstić information content (AvgIpc) is 2.45. The lowest BCUT2D eigenvalue weighted by atomic mass is 10.1. The summed E-state index contributed by atoms with van der Waals surface area (Å²) in [6.07, 6.45) is 0. The Kier molecular flexibility index (Phi) is 4.54. The van der Waals surface area contributed by atoms with Crippen molar-refractivity contribution in [1.29, 1.82) is 0 Å². The molecule has 0 heterocycles. The Morgan fingerprint density at radius 2 is 1.90 bits per heavy atom. The van der Waals surface area contributed by atoms with Crippen molar-refractivity contribution >= 4 is 33.3 Å². The number of carboxylic acid groups (broad SMARTS) is 1. The molecule has 0 atom stereocenters. The number of carbonyl (C=O) groups is 1. The zero-order valence-corrected chi connectivity index (χ0v) is 12.3. The van der Waals surface area contributed by atoms with Gasteiger partial charge in [0.15, 0.2) is 0 Å². The van der Waals surface area contributed by atoms with Crippen LogP contribution in [0.25, 0.3) is 0 Å². The first-order chi connectivity index (χ1) is 9.97. The number of halogens is 1. The van der Waals surface area contributed by atoms with E-state index in [-0.39, 0.29) is 17.8 Å². The van der Waals surface area contributed by atoms with Crippen molar-refractivity contribution in [2.45, 2.75) is 6.54 Å². The van der Waals surface area contributed by atoms with E-state index in [1.54, 1.807) is 24.3 Å². The molecule has 0 bridgehead atoms. The molecule has 0 aromatic heterocycles. The monoisotopic (exact) mass is 350 g/mol. The third kappa shape index (κ3) is 3.79. The number of nitro groups is 1. The first-order valence-electron chi connectivity index (χ1n) is 5.97. The molecular formula is C14H11BrN2O4. The fourth-order valence-electron chi connectivity index (χ4n) is 1.80. The minimum Gasteiger partial charge on any atom is -0.478 e. The number of rotatable bonds is 5. The maximum atomic E-state index is 11.0. The van der Waals surface area contributed by atoms with E-state index in [1.165, 1.54) is 18.2 Å². The van der Waals surface area contributed by atoms with E-state index in [0.29, 0.717) is 11.3 Å². The topological polar surface area (TPSA) is 92.5 Å². The highest BCUT2D eigenvalue weighted by atomic mass is 79.9. The Balaban J connectivity index is 2.14. The van der Waals surface area contributed by atoms with E-state index in [4.69, 9.17) is 5.11 Å². The summed E-state index contributed by atoms with van der Waals surface area (Å²) in [6.45, 7) is 0.266. The van der Waals surface area contributed by atoms with Crippen LogP contribution in [0.1, 0.15) is 15.9 Å². The minimum absolute atomic E-state index is 0.0351. The van der Waals surface area contributed by atoms with E-state index in [0.717, 1.165) is 4.47 Å². The molecule has 7 heteroatoms. The number of carboxylic acids is 1. The fourth-order valence-corrected chi connectivity index (χ4v) is 2.21. The maximum Gasteiger partial charge on any atom is 0.335 e. The van der Waals surface area contributed by atoms with E-state index in [9.17, 15) is 14.9 Å². The highest BCUT2D eigenvalue weighted by molar-refractivity contribution is 9.10. The number of anilines is 1. The molecule has 2 aromatic rings. The number of hydrogen-bond donors (Lipinski definition) is 2. The van der Waals surface area contributed by atoms with Gasteiger partial charge in [-0.05, 0) is 36.4 Å². The van der Waals surface area contributed by atoms with Gasteiger partial charge in [0.1, 0.15) is 0 Å². The molecule has 21 heavy (non-hydrogen) atoms. The zero-order chi connectivity index (χ0) is 15.4. The van der Waals surface area contributed by atoms with Crippen LogP contribution in [0.4, 0.5) is 11.4 Å². The number of aromatic carboxylic acids is 1. The second kappa shape index (κ2) is 6.36. The molecule has 108 valence electrons. The molecule has 0 aliphatic heterocycles. The first kappa shape index (κ1) is 15.0. The van der Waals surface area contributed by atoms with Crippen molar-refractivity contribution in [2.75, 3.05) is 5.32 Å². The van der Waals surface area contributed by atoms with Gasteiger partial charge in [-0.2, -0.15) is 0 Å². The van der Waals surface area contributed by atoms with Crippen molar-refractivity contribution in [3.05, 3.63) is 68.2 Å². The SMILES string of the molecule is O=C(O)c1ccc(NCc2cc(Br)ccc2[N+](=O)[O-])cc1. The molecule has 6 nitrogen and oxygen atoms in total. The van der Waals surface area contributed by atoms with Crippen molar-refractivity contribution in [3.63, 3.8) is 0 Å². The first-order valence-corrected chi connectivity index (χ1v) is 6.76. The number of nitrogens with zero attached hydrogens (tertiary/aromatic N) is 1. The van der Waals surface area contributed by atoms with E-state index in [1.807, 2.05) is 0 Å². The van der Waals surface area contributed by atoms with Crippen molar-refractivity contribution in [1.82, 2.24) is 0 Å². The smallest absolute Gasteiger partial charge is 0.335 e. The normalized spacial score (nSPS) is 10.1. The van der Waals surface area contributed by atoms with Crippen LogP contribution in [0.15, 0.2) is 46.9 Å². The summed E-state index contributed by atoms with van der Waals surface area (Å²) < 4.78 is 0.756. The molecule has 0 saturated carbocycles. The average molecular weight is 351 g/mol. The maximum absolute atomic E-state index is 11.0. The number of nitrogens with one attached hydrogen (secondary N) is 1. The lowest BCUT2D eigenvalue weighted by molar-refractivity contribution is -0.385.